The summed E-state index contributed by atoms with van der Waals surface area (Å²) in [6, 6.07) is 4.68. The van der Waals surface area contributed by atoms with Gasteiger partial charge in [-0.25, -0.2) is 4.79 Å². The summed E-state index contributed by atoms with van der Waals surface area (Å²) in [5, 5.41) is 3.05. The molecule has 0 radical (unpaired) electrons. The smallest absolute Gasteiger partial charge is 0.338 e. The van der Waals surface area contributed by atoms with Gasteiger partial charge in [0.15, 0.2) is 18.1 Å². The molecule has 1 aromatic carbocycles. The summed E-state index contributed by atoms with van der Waals surface area (Å²) in [7, 11) is 0. The van der Waals surface area contributed by atoms with Gasteiger partial charge in [-0.05, 0) is 56.9 Å². The summed E-state index contributed by atoms with van der Waals surface area (Å²) in [5.41, 5.74) is 7.00. The lowest BCUT2D eigenvalue weighted by molar-refractivity contribution is -0.119. The molecule has 0 unspecified atom stereocenters. The largest absolute Gasteiger partial charge is 0.490 e. The number of thiophene rings is 1. The quantitative estimate of drug-likeness (QED) is 0.589. The van der Waals surface area contributed by atoms with Crippen LogP contribution >= 0.6 is 11.3 Å². The summed E-state index contributed by atoms with van der Waals surface area (Å²) < 4.78 is 16.1. The summed E-state index contributed by atoms with van der Waals surface area (Å²) in [6.45, 7) is 4.06. The molecule has 8 nitrogen and oxygen atoms in total. The van der Waals surface area contributed by atoms with Crippen LogP contribution in [0, 0.1) is 0 Å². The minimum absolute atomic E-state index is 0.239. The number of carbonyl (C=O) groups is 3. The molecule has 160 valence electrons. The number of benzene rings is 1. The first-order chi connectivity index (χ1) is 14.4. The highest BCUT2D eigenvalue weighted by atomic mass is 32.1. The number of esters is 1. The van der Waals surface area contributed by atoms with Crippen molar-refractivity contribution in [2.75, 3.05) is 25.1 Å². The van der Waals surface area contributed by atoms with Crippen molar-refractivity contribution < 1.29 is 28.6 Å². The normalized spacial score (nSPS) is 12.2. The number of carbonyl (C=O) groups excluding carboxylic acids is 3. The highest BCUT2D eigenvalue weighted by Crippen LogP contribution is 2.38. The van der Waals surface area contributed by atoms with Gasteiger partial charge in [0.25, 0.3) is 11.8 Å². The van der Waals surface area contributed by atoms with E-state index in [1.165, 1.54) is 17.4 Å². The Morgan fingerprint density at radius 1 is 1.10 bits per heavy atom. The van der Waals surface area contributed by atoms with E-state index in [1.807, 2.05) is 13.8 Å². The Morgan fingerprint density at radius 2 is 1.83 bits per heavy atom. The van der Waals surface area contributed by atoms with Gasteiger partial charge in [-0.1, -0.05) is 0 Å². The van der Waals surface area contributed by atoms with E-state index < -0.39 is 24.4 Å². The molecule has 0 spiro atoms. The zero-order chi connectivity index (χ0) is 21.7. The molecular weight excluding hydrogens is 408 g/mol. The third-order valence-electron chi connectivity index (χ3n) is 4.53. The maximum Gasteiger partial charge on any atom is 0.338 e. The number of hydrogen-bond acceptors (Lipinski definition) is 7. The average Bonchev–Trinajstić information content (AvgIpc) is 3.28. The predicted molar refractivity (Wildman–Crippen MR) is 113 cm³/mol. The Morgan fingerprint density at radius 3 is 2.53 bits per heavy atom. The maximum absolute atomic E-state index is 12.3. The number of primary amides is 1. The van der Waals surface area contributed by atoms with Crippen LogP contribution in [0.5, 0.6) is 11.5 Å². The molecule has 0 atom stereocenters. The standard InChI is InChI=1S/C21H24N2O6S/c1-3-27-14-9-8-12(10-15(14)28-4-2)21(26)29-11-17(24)23-20-18(19(22)25)13-6-5-7-16(13)30-20/h8-10H,3-7,11H2,1-2H3,(H2,22,25)(H,23,24). The minimum Gasteiger partial charge on any atom is -0.490 e. The van der Waals surface area contributed by atoms with Gasteiger partial charge in [0.2, 0.25) is 0 Å². The Kier molecular flexibility index (Phi) is 6.94. The van der Waals surface area contributed by atoms with Crippen LogP contribution in [0.4, 0.5) is 5.00 Å². The molecule has 1 aromatic heterocycles. The fourth-order valence-corrected chi connectivity index (χ4v) is 4.62. The van der Waals surface area contributed by atoms with Crippen LogP contribution in [0.25, 0.3) is 0 Å². The van der Waals surface area contributed by atoms with Gasteiger partial charge in [0, 0.05) is 4.88 Å². The topological polar surface area (TPSA) is 117 Å². The Balaban J connectivity index is 1.63. The second-order valence-corrected chi connectivity index (χ2v) is 7.68. The zero-order valence-electron chi connectivity index (χ0n) is 16.9. The number of anilines is 1. The molecule has 1 heterocycles. The molecule has 0 saturated carbocycles. The van der Waals surface area contributed by atoms with Gasteiger partial charge < -0.3 is 25.3 Å². The molecule has 9 heteroatoms. The minimum atomic E-state index is -0.669. The van der Waals surface area contributed by atoms with Gasteiger partial charge in [-0.15, -0.1) is 11.3 Å². The van der Waals surface area contributed by atoms with Crippen LogP contribution in [-0.4, -0.2) is 37.6 Å². The monoisotopic (exact) mass is 432 g/mol. The molecule has 2 aromatic rings. The summed E-state index contributed by atoms with van der Waals surface area (Å²) in [6.07, 6.45) is 2.61. The first-order valence-electron chi connectivity index (χ1n) is 9.75. The van der Waals surface area contributed by atoms with Gasteiger partial charge in [0.1, 0.15) is 5.00 Å². The predicted octanol–water partition coefficient (Wildman–Crippen LogP) is 2.93. The third kappa shape index (κ3) is 4.73. The molecule has 0 aliphatic heterocycles. The molecule has 0 bridgehead atoms. The fourth-order valence-electron chi connectivity index (χ4n) is 3.31. The van der Waals surface area contributed by atoms with E-state index in [1.54, 1.807) is 12.1 Å². The van der Waals surface area contributed by atoms with Crippen LogP contribution in [0.1, 0.15) is 51.4 Å². The second kappa shape index (κ2) is 9.62. The van der Waals surface area contributed by atoms with E-state index in [4.69, 9.17) is 19.9 Å². The maximum atomic E-state index is 12.3. The first kappa shape index (κ1) is 21.6. The summed E-state index contributed by atoms with van der Waals surface area (Å²) in [5.74, 6) is -0.824. The van der Waals surface area contributed by atoms with Crippen molar-refractivity contribution in [3.05, 3.63) is 39.8 Å². The van der Waals surface area contributed by atoms with Gasteiger partial charge in [-0.2, -0.15) is 0 Å². The van der Waals surface area contributed by atoms with Crippen LogP contribution in [0.3, 0.4) is 0 Å². The molecular formula is C21H24N2O6S. The number of fused-ring (bicyclic) bond motifs is 1. The van der Waals surface area contributed by atoms with Crippen molar-refractivity contribution in [2.45, 2.75) is 33.1 Å². The highest BCUT2D eigenvalue weighted by molar-refractivity contribution is 7.17. The van der Waals surface area contributed by atoms with Crippen molar-refractivity contribution in [3.63, 3.8) is 0 Å². The zero-order valence-corrected chi connectivity index (χ0v) is 17.7. The van der Waals surface area contributed by atoms with E-state index >= 15 is 0 Å². The number of nitrogens with one attached hydrogen (secondary N) is 1. The van der Waals surface area contributed by atoms with E-state index in [9.17, 15) is 14.4 Å². The molecule has 3 rings (SSSR count). The van der Waals surface area contributed by atoms with Crippen LogP contribution in [0.15, 0.2) is 18.2 Å². The molecule has 1 aliphatic carbocycles. The molecule has 0 saturated heterocycles. The first-order valence-corrected chi connectivity index (χ1v) is 10.6. The Hall–Kier alpha value is -3.07. The highest BCUT2D eigenvalue weighted by Gasteiger charge is 2.26. The van der Waals surface area contributed by atoms with Gasteiger partial charge in [0.05, 0.1) is 24.3 Å². The second-order valence-electron chi connectivity index (χ2n) is 6.58. The van der Waals surface area contributed by atoms with Crippen molar-refractivity contribution in [3.8, 4) is 11.5 Å². The van der Waals surface area contributed by atoms with Crippen molar-refractivity contribution in [1.82, 2.24) is 0 Å². The van der Waals surface area contributed by atoms with Crippen LogP contribution in [0.2, 0.25) is 0 Å². The molecule has 0 fully saturated rings. The lowest BCUT2D eigenvalue weighted by Crippen LogP contribution is -2.22. The molecule has 1 aliphatic rings. The van der Waals surface area contributed by atoms with Crippen LogP contribution in [-0.2, 0) is 22.4 Å². The number of aryl methyl sites for hydroxylation is 1. The average molecular weight is 432 g/mol. The van der Waals surface area contributed by atoms with E-state index in [-0.39, 0.29) is 5.56 Å². The fraction of sp³-hybridized carbons (Fsp3) is 0.381. The van der Waals surface area contributed by atoms with E-state index in [2.05, 4.69) is 5.32 Å². The van der Waals surface area contributed by atoms with Gasteiger partial charge in [-0.3, -0.25) is 9.59 Å². The SMILES string of the molecule is CCOc1ccc(C(=O)OCC(=O)Nc2sc3c(c2C(N)=O)CCC3)cc1OCC. The summed E-state index contributed by atoms with van der Waals surface area (Å²) >= 11 is 1.35. The van der Waals surface area contributed by atoms with E-state index in [0.717, 1.165) is 29.7 Å². The number of amides is 2. The number of ether oxygens (including phenoxy) is 3. The lowest BCUT2D eigenvalue weighted by Gasteiger charge is -2.12. The number of rotatable bonds is 9. The third-order valence-corrected chi connectivity index (χ3v) is 5.74. The molecule has 3 N–H and O–H groups in total. The number of nitrogens with two attached hydrogens (primary N) is 1. The van der Waals surface area contributed by atoms with Crippen LogP contribution < -0.4 is 20.5 Å². The Bertz CT molecular complexity index is 969. The summed E-state index contributed by atoms with van der Waals surface area (Å²) in [4.78, 5) is 37.5. The molecule has 2 amide bonds. The molecule has 30 heavy (non-hydrogen) atoms. The van der Waals surface area contributed by atoms with E-state index in [0.29, 0.717) is 35.3 Å². The van der Waals surface area contributed by atoms with Crippen molar-refractivity contribution in [1.29, 1.82) is 0 Å². The van der Waals surface area contributed by atoms with Gasteiger partial charge >= 0.3 is 5.97 Å². The van der Waals surface area contributed by atoms with Crippen molar-refractivity contribution in [2.24, 2.45) is 5.73 Å². The van der Waals surface area contributed by atoms with Crippen molar-refractivity contribution >= 4 is 34.1 Å². The Labute approximate surface area is 178 Å². The lowest BCUT2D eigenvalue weighted by atomic mass is 10.1. The number of hydrogen-bond donors (Lipinski definition) is 2.